The highest BCUT2D eigenvalue weighted by Crippen LogP contribution is 2.41. The molecule has 2 heterocycles. The number of fused-ring (bicyclic) bond motifs is 7. The molecule has 0 unspecified atom stereocenters. The molecule has 12 aromatic rings. The number of para-hydroxylation sites is 4. The molecule has 0 saturated heterocycles. The summed E-state index contributed by atoms with van der Waals surface area (Å²) in [5, 5.41) is 7.47. The Morgan fingerprint density at radius 1 is 0.217 bits per heavy atom. The van der Waals surface area contributed by atoms with Crippen LogP contribution in [0.4, 0.5) is 0 Å². The molecule has 280 valence electrons. The predicted molar refractivity (Wildman–Crippen MR) is 254 cm³/mol. The van der Waals surface area contributed by atoms with Gasteiger partial charge in [-0.05, 0) is 92.7 Å². The summed E-state index contributed by atoms with van der Waals surface area (Å²) < 4.78 is 4.92. The number of hydrogen-bond acceptors (Lipinski definition) is 0. The number of aromatic nitrogens is 2. The lowest BCUT2D eigenvalue weighted by Crippen LogP contribution is -1.98. The molecular weight excluding hydrogens is 725 g/mol. The average molecular weight is 763 g/mol. The fraction of sp³-hybridized carbons (Fsp3) is 0. The summed E-state index contributed by atoms with van der Waals surface area (Å²) in [6.07, 6.45) is 0. The number of hydrogen-bond donors (Lipinski definition) is 0. The van der Waals surface area contributed by atoms with E-state index in [2.05, 4.69) is 240 Å². The maximum Gasteiger partial charge on any atom is 0.0547 e. The molecule has 0 N–H and O–H groups in total. The van der Waals surface area contributed by atoms with Crippen LogP contribution in [0.5, 0.6) is 0 Å². The van der Waals surface area contributed by atoms with Gasteiger partial charge in [0.2, 0.25) is 0 Å². The van der Waals surface area contributed by atoms with Gasteiger partial charge in [-0.25, -0.2) is 0 Å². The van der Waals surface area contributed by atoms with E-state index in [1.165, 1.54) is 105 Å². The zero-order chi connectivity index (χ0) is 39.6. The number of benzene rings is 10. The Morgan fingerprint density at radius 2 is 0.650 bits per heavy atom. The van der Waals surface area contributed by atoms with Crippen molar-refractivity contribution >= 4 is 54.4 Å². The number of rotatable bonds is 6. The van der Waals surface area contributed by atoms with Gasteiger partial charge >= 0.3 is 0 Å². The first-order valence-electron chi connectivity index (χ1n) is 20.7. The Morgan fingerprint density at radius 3 is 1.30 bits per heavy atom. The summed E-state index contributed by atoms with van der Waals surface area (Å²) in [6.45, 7) is 0. The van der Waals surface area contributed by atoms with Crippen molar-refractivity contribution in [2.75, 3.05) is 0 Å². The van der Waals surface area contributed by atoms with Gasteiger partial charge in [-0.2, -0.15) is 0 Å². The van der Waals surface area contributed by atoms with Crippen LogP contribution in [0.25, 0.3) is 110 Å². The summed E-state index contributed by atoms with van der Waals surface area (Å²) in [5.74, 6) is 0. The second-order valence-corrected chi connectivity index (χ2v) is 15.7. The van der Waals surface area contributed by atoms with E-state index >= 15 is 0 Å². The Balaban J connectivity index is 1.04. The molecule has 10 aromatic carbocycles. The first-order valence-corrected chi connectivity index (χ1v) is 20.7. The van der Waals surface area contributed by atoms with E-state index in [1.54, 1.807) is 0 Å². The highest BCUT2D eigenvalue weighted by molar-refractivity contribution is 6.13. The van der Waals surface area contributed by atoms with Crippen molar-refractivity contribution in [2.45, 2.75) is 0 Å². The highest BCUT2D eigenvalue weighted by Gasteiger charge is 2.19. The Bertz CT molecular complexity index is 3600. The van der Waals surface area contributed by atoms with E-state index in [4.69, 9.17) is 0 Å². The number of nitrogens with zero attached hydrogens (tertiary/aromatic N) is 2. The van der Waals surface area contributed by atoms with E-state index < -0.39 is 0 Å². The van der Waals surface area contributed by atoms with Crippen LogP contribution in [-0.4, -0.2) is 9.13 Å². The molecule has 12 rings (SSSR count). The standard InChI is InChI=1S/C58H38N2/c1-2-16-40(17-3-1)47-21-6-10-25-53(47)59-55-27-12-8-23-49(55)51-33-31-44(37-57(51)59)45-32-34-52-50-24-9-13-28-56(50)60(58(52)38-45)54-26-11-7-22-48(54)46-20-14-19-42(36-46)43-30-29-39-15-4-5-18-41(39)35-43/h1-38H. The van der Waals surface area contributed by atoms with Crippen molar-refractivity contribution in [1.82, 2.24) is 9.13 Å². The molecule has 2 nitrogen and oxygen atoms in total. The van der Waals surface area contributed by atoms with Crippen LogP contribution in [0, 0.1) is 0 Å². The van der Waals surface area contributed by atoms with Gasteiger partial charge in [0.05, 0.1) is 33.4 Å². The van der Waals surface area contributed by atoms with Crippen LogP contribution in [0.2, 0.25) is 0 Å². The van der Waals surface area contributed by atoms with Gasteiger partial charge in [0, 0.05) is 32.7 Å². The zero-order valence-electron chi connectivity index (χ0n) is 32.8. The molecule has 2 heteroatoms. The minimum atomic E-state index is 1.16. The third kappa shape index (κ3) is 5.50. The molecule has 0 aliphatic heterocycles. The predicted octanol–water partition coefficient (Wildman–Crippen LogP) is 15.7. The molecule has 0 aliphatic carbocycles. The maximum absolute atomic E-state index is 2.47. The molecule has 2 aromatic heterocycles. The molecule has 0 saturated carbocycles. The fourth-order valence-electron chi connectivity index (χ4n) is 9.50. The molecule has 0 aliphatic rings. The van der Waals surface area contributed by atoms with Crippen LogP contribution in [0.1, 0.15) is 0 Å². The van der Waals surface area contributed by atoms with Crippen molar-refractivity contribution in [3.05, 3.63) is 231 Å². The second kappa shape index (κ2) is 13.9. The molecule has 0 radical (unpaired) electrons. The quantitative estimate of drug-likeness (QED) is 0.160. The Labute approximate surface area is 348 Å². The topological polar surface area (TPSA) is 9.86 Å². The third-order valence-corrected chi connectivity index (χ3v) is 12.3. The lowest BCUT2D eigenvalue weighted by molar-refractivity contribution is 1.18. The van der Waals surface area contributed by atoms with Crippen LogP contribution < -0.4 is 0 Å². The monoisotopic (exact) mass is 762 g/mol. The van der Waals surface area contributed by atoms with Crippen molar-refractivity contribution < 1.29 is 0 Å². The molecule has 0 spiro atoms. The maximum atomic E-state index is 2.47. The smallest absolute Gasteiger partial charge is 0.0547 e. The lowest BCUT2D eigenvalue weighted by Gasteiger charge is -2.16. The molecule has 0 bridgehead atoms. The lowest BCUT2D eigenvalue weighted by atomic mass is 9.96. The SMILES string of the molecule is c1ccc(-c2ccccc2-n2c3ccccc3c3ccc(-c4ccc5c6ccccc6n(-c6ccccc6-c6cccc(-c7ccc8ccccc8c7)c6)c5c4)cc32)cc1. The second-order valence-electron chi connectivity index (χ2n) is 15.7. The van der Waals surface area contributed by atoms with Crippen LogP contribution in [0.15, 0.2) is 231 Å². The summed E-state index contributed by atoms with van der Waals surface area (Å²) in [6, 6.07) is 84.3. The summed E-state index contributed by atoms with van der Waals surface area (Å²) in [7, 11) is 0. The summed E-state index contributed by atoms with van der Waals surface area (Å²) in [5.41, 5.74) is 16.7. The normalized spacial score (nSPS) is 11.7. The van der Waals surface area contributed by atoms with Gasteiger partial charge in [-0.3, -0.25) is 0 Å². The molecule has 0 atom stereocenters. The average Bonchev–Trinajstić information content (AvgIpc) is 3.83. The van der Waals surface area contributed by atoms with E-state index in [1.807, 2.05) is 0 Å². The van der Waals surface area contributed by atoms with Gasteiger partial charge < -0.3 is 9.13 Å². The van der Waals surface area contributed by atoms with Crippen LogP contribution >= 0.6 is 0 Å². The molecule has 0 amide bonds. The van der Waals surface area contributed by atoms with Crippen molar-refractivity contribution in [1.29, 1.82) is 0 Å². The van der Waals surface area contributed by atoms with E-state index in [0.29, 0.717) is 0 Å². The Hall–Kier alpha value is -7.94. The van der Waals surface area contributed by atoms with Crippen LogP contribution in [-0.2, 0) is 0 Å². The first kappa shape index (κ1) is 34.1. The van der Waals surface area contributed by atoms with Gasteiger partial charge in [0.1, 0.15) is 0 Å². The van der Waals surface area contributed by atoms with Crippen molar-refractivity contribution in [3.8, 4) is 55.9 Å². The molecule has 60 heavy (non-hydrogen) atoms. The van der Waals surface area contributed by atoms with Gasteiger partial charge in [-0.1, -0.05) is 182 Å². The highest BCUT2D eigenvalue weighted by atomic mass is 15.0. The van der Waals surface area contributed by atoms with Crippen LogP contribution in [0.3, 0.4) is 0 Å². The largest absolute Gasteiger partial charge is 0.309 e. The minimum Gasteiger partial charge on any atom is -0.309 e. The summed E-state index contributed by atoms with van der Waals surface area (Å²) >= 11 is 0. The van der Waals surface area contributed by atoms with Gasteiger partial charge in [0.25, 0.3) is 0 Å². The van der Waals surface area contributed by atoms with Gasteiger partial charge in [-0.15, -0.1) is 0 Å². The molecule has 0 fully saturated rings. The van der Waals surface area contributed by atoms with E-state index in [-0.39, 0.29) is 0 Å². The molecular formula is C58H38N2. The van der Waals surface area contributed by atoms with Gasteiger partial charge in [0.15, 0.2) is 0 Å². The fourth-order valence-corrected chi connectivity index (χ4v) is 9.50. The van der Waals surface area contributed by atoms with E-state index in [0.717, 1.165) is 5.69 Å². The first-order chi connectivity index (χ1) is 29.8. The zero-order valence-corrected chi connectivity index (χ0v) is 32.8. The van der Waals surface area contributed by atoms with E-state index in [9.17, 15) is 0 Å². The Kier molecular flexibility index (Phi) is 7.89. The summed E-state index contributed by atoms with van der Waals surface area (Å²) in [4.78, 5) is 0. The third-order valence-electron chi connectivity index (χ3n) is 12.3. The van der Waals surface area contributed by atoms with Crippen molar-refractivity contribution in [2.24, 2.45) is 0 Å². The minimum absolute atomic E-state index is 1.16. The van der Waals surface area contributed by atoms with Crippen molar-refractivity contribution in [3.63, 3.8) is 0 Å².